The number of para-hydroxylation sites is 4. The Labute approximate surface area is 427 Å². The van der Waals surface area contributed by atoms with Crippen molar-refractivity contribution in [3.8, 4) is 11.1 Å². The summed E-state index contributed by atoms with van der Waals surface area (Å²) in [6.45, 7) is 0. The third-order valence-electron chi connectivity index (χ3n) is 14.2. The highest BCUT2D eigenvalue weighted by molar-refractivity contribution is 6.01. The van der Waals surface area contributed by atoms with Crippen LogP contribution in [0.4, 0.5) is 68.2 Å². The summed E-state index contributed by atoms with van der Waals surface area (Å²) in [5.74, 6) is 0. The minimum Gasteiger partial charge on any atom is -0.311 e. The van der Waals surface area contributed by atoms with E-state index in [9.17, 15) is 0 Å². The van der Waals surface area contributed by atoms with E-state index in [1.807, 2.05) is 0 Å². The van der Waals surface area contributed by atoms with E-state index < -0.39 is 0 Å². The van der Waals surface area contributed by atoms with Crippen molar-refractivity contribution in [1.29, 1.82) is 0 Å². The lowest BCUT2D eigenvalue weighted by atomic mass is 9.93. The summed E-state index contributed by atoms with van der Waals surface area (Å²) >= 11 is 0. The third-order valence-corrected chi connectivity index (χ3v) is 14.2. The van der Waals surface area contributed by atoms with Gasteiger partial charge in [-0.2, -0.15) is 0 Å². The number of benzene rings is 12. The number of nitrogens with zero attached hydrogens (tertiary/aromatic N) is 4. The Morgan fingerprint density at radius 3 is 1.21 bits per heavy atom. The zero-order chi connectivity index (χ0) is 48.5. The molecule has 4 heteroatoms. The van der Waals surface area contributed by atoms with Crippen LogP contribution >= 0.6 is 0 Å². The zero-order valence-electron chi connectivity index (χ0n) is 40.2. The molecular formula is C69H50N4. The van der Waals surface area contributed by atoms with Gasteiger partial charge in [0.1, 0.15) is 0 Å². The average Bonchev–Trinajstić information content (AvgIpc) is 3.46. The van der Waals surface area contributed by atoms with Crippen molar-refractivity contribution in [2.45, 2.75) is 6.42 Å². The second kappa shape index (κ2) is 18.9. The van der Waals surface area contributed by atoms with Gasteiger partial charge in [0, 0.05) is 74.1 Å². The van der Waals surface area contributed by atoms with Crippen molar-refractivity contribution in [2.24, 2.45) is 0 Å². The summed E-state index contributed by atoms with van der Waals surface area (Å²) in [6.07, 6.45) is 0.847. The molecule has 0 radical (unpaired) electrons. The highest BCUT2D eigenvalue weighted by Crippen LogP contribution is 2.48. The van der Waals surface area contributed by atoms with E-state index in [4.69, 9.17) is 0 Å². The van der Waals surface area contributed by atoms with Crippen molar-refractivity contribution in [3.63, 3.8) is 0 Å². The van der Waals surface area contributed by atoms with Gasteiger partial charge in [-0.05, 0) is 154 Å². The molecule has 0 bridgehead atoms. The molecular weight excluding hydrogens is 885 g/mol. The minimum atomic E-state index is 0.847. The van der Waals surface area contributed by atoms with Gasteiger partial charge in [-0.3, -0.25) is 0 Å². The summed E-state index contributed by atoms with van der Waals surface area (Å²) in [7, 11) is 0. The Morgan fingerprint density at radius 1 is 0.260 bits per heavy atom. The van der Waals surface area contributed by atoms with E-state index in [1.165, 1.54) is 44.0 Å². The number of rotatable bonds is 11. The second-order valence-corrected chi connectivity index (χ2v) is 18.6. The van der Waals surface area contributed by atoms with Crippen molar-refractivity contribution in [1.82, 2.24) is 0 Å². The quantitative estimate of drug-likeness (QED) is 0.128. The minimum absolute atomic E-state index is 0.847. The van der Waals surface area contributed by atoms with Gasteiger partial charge in [0.25, 0.3) is 0 Å². The molecule has 346 valence electrons. The van der Waals surface area contributed by atoms with Crippen LogP contribution in [0.25, 0.3) is 32.7 Å². The summed E-state index contributed by atoms with van der Waals surface area (Å²) < 4.78 is 0. The molecule has 13 rings (SSSR count). The Morgan fingerprint density at radius 2 is 0.644 bits per heavy atom. The molecule has 0 spiro atoms. The molecule has 12 aromatic carbocycles. The molecule has 0 saturated heterocycles. The molecule has 0 N–H and O–H groups in total. The molecule has 4 nitrogen and oxygen atoms in total. The highest BCUT2D eigenvalue weighted by atomic mass is 15.2. The van der Waals surface area contributed by atoms with Gasteiger partial charge < -0.3 is 19.6 Å². The fraction of sp³-hybridized carbons (Fsp3) is 0.0145. The Hall–Kier alpha value is -9.64. The molecule has 0 saturated carbocycles. The Balaban J connectivity index is 0.814. The standard InChI is InChI=1S/C69H50N4/c1-4-23-56(24-5-1)70(60-42-44-61(45-43-60)71(57-25-6-2-7-26-57)68-32-16-21-52-18-10-13-29-64(52)68)59-38-34-50(35-39-59)51-36-40-62(41-37-51)73-66-31-15-12-20-54(66)48-55-49-63(46-47-67(55)73)72(58-27-8-3-9-28-58)69-33-17-22-53-19-11-14-30-65(53)69/h1-47,49H,48H2. The molecule has 0 atom stereocenters. The van der Waals surface area contributed by atoms with Gasteiger partial charge in [-0.1, -0.05) is 170 Å². The Bertz CT molecular complexity index is 3860. The molecule has 1 heterocycles. The molecule has 0 aromatic heterocycles. The molecule has 0 fully saturated rings. The van der Waals surface area contributed by atoms with Crippen molar-refractivity contribution < 1.29 is 0 Å². The van der Waals surface area contributed by atoms with Gasteiger partial charge in [-0.15, -0.1) is 0 Å². The van der Waals surface area contributed by atoms with Gasteiger partial charge >= 0.3 is 0 Å². The zero-order valence-corrected chi connectivity index (χ0v) is 40.2. The van der Waals surface area contributed by atoms with Crippen LogP contribution in [0, 0.1) is 0 Å². The summed E-state index contributed by atoms with van der Waals surface area (Å²) in [6, 6.07) is 105. The first-order valence-corrected chi connectivity index (χ1v) is 25.0. The topological polar surface area (TPSA) is 13.0 Å². The van der Waals surface area contributed by atoms with Crippen molar-refractivity contribution in [3.05, 3.63) is 302 Å². The van der Waals surface area contributed by atoms with Crippen molar-refractivity contribution >= 4 is 89.8 Å². The SMILES string of the molecule is c1ccc(N(c2ccc(-c3ccc(N4c5ccccc5Cc5cc(N(c6ccccc6)c6cccc7ccccc67)ccc54)cc3)cc2)c2ccc(N(c3ccccc3)c3cccc4ccccc34)cc2)cc1. The maximum absolute atomic E-state index is 2.43. The second-order valence-electron chi connectivity index (χ2n) is 18.6. The van der Waals surface area contributed by atoms with Crippen LogP contribution in [0.3, 0.4) is 0 Å². The van der Waals surface area contributed by atoms with Crippen LogP contribution < -0.4 is 19.6 Å². The number of hydrogen-bond donors (Lipinski definition) is 0. The lowest BCUT2D eigenvalue weighted by Crippen LogP contribution is -2.19. The van der Waals surface area contributed by atoms with Gasteiger partial charge in [0.15, 0.2) is 0 Å². The molecule has 0 aliphatic carbocycles. The number of fused-ring (bicyclic) bond motifs is 4. The van der Waals surface area contributed by atoms with E-state index in [2.05, 4.69) is 311 Å². The summed E-state index contributed by atoms with van der Waals surface area (Å²) in [4.78, 5) is 9.51. The monoisotopic (exact) mass is 934 g/mol. The molecule has 12 aromatic rings. The maximum Gasteiger partial charge on any atom is 0.0540 e. The average molecular weight is 935 g/mol. The van der Waals surface area contributed by atoms with E-state index in [1.54, 1.807) is 0 Å². The summed E-state index contributed by atoms with van der Waals surface area (Å²) in [5, 5.41) is 4.86. The smallest absolute Gasteiger partial charge is 0.0540 e. The highest BCUT2D eigenvalue weighted by Gasteiger charge is 2.26. The molecule has 0 unspecified atom stereocenters. The predicted octanol–water partition coefficient (Wildman–Crippen LogP) is 19.4. The van der Waals surface area contributed by atoms with E-state index in [-0.39, 0.29) is 0 Å². The Kier molecular flexibility index (Phi) is 11.3. The van der Waals surface area contributed by atoms with Crippen LogP contribution in [-0.2, 0) is 6.42 Å². The van der Waals surface area contributed by atoms with E-state index >= 15 is 0 Å². The largest absolute Gasteiger partial charge is 0.311 e. The predicted molar refractivity (Wildman–Crippen MR) is 308 cm³/mol. The third kappa shape index (κ3) is 8.21. The molecule has 0 amide bonds. The van der Waals surface area contributed by atoms with Crippen molar-refractivity contribution in [2.75, 3.05) is 19.6 Å². The van der Waals surface area contributed by atoms with Crippen LogP contribution in [0.2, 0.25) is 0 Å². The first kappa shape index (κ1) is 43.4. The first-order valence-electron chi connectivity index (χ1n) is 25.0. The van der Waals surface area contributed by atoms with Crippen LogP contribution in [-0.4, -0.2) is 0 Å². The van der Waals surface area contributed by atoms with Crippen LogP contribution in [0.5, 0.6) is 0 Å². The lowest BCUT2D eigenvalue weighted by Gasteiger charge is -2.35. The van der Waals surface area contributed by atoms with Gasteiger partial charge in [-0.25, -0.2) is 0 Å². The normalized spacial score (nSPS) is 11.8. The maximum atomic E-state index is 2.43. The van der Waals surface area contributed by atoms with E-state index in [0.717, 1.165) is 74.4 Å². The first-order chi connectivity index (χ1) is 36.2. The molecule has 1 aliphatic heterocycles. The number of anilines is 12. The summed E-state index contributed by atoms with van der Waals surface area (Å²) in [5.41, 5.74) is 18.5. The number of hydrogen-bond acceptors (Lipinski definition) is 4. The van der Waals surface area contributed by atoms with Gasteiger partial charge in [0.2, 0.25) is 0 Å². The lowest BCUT2D eigenvalue weighted by molar-refractivity contribution is 1.08. The van der Waals surface area contributed by atoms with Crippen LogP contribution in [0.15, 0.2) is 291 Å². The molecule has 1 aliphatic rings. The molecule has 73 heavy (non-hydrogen) atoms. The van der Waals surface area contributed by atoms with E-state index in [0.29, 0.717) is 0 Å². The fourth-order valence-corrected chi connectivity index (χ4v) is 10.8. The van der Waals surface area contributed by atoms with Gasteiger partial charge in [0.05, 0.1) is 11.4 Å². The fourth-order valence-electron chi connectivity index (χ4n) is 10.8. The van der Waals surface area contributed by atoms with Crippen LogP contribution in [0.1, 0.15) is 11.1 Å².